The van der Waals surface area contributed by atoms with Crippen LogP contribution in [0.5, 0.6) is 0 Å². The minimum atomic E-state index is -0.341. The lowest BCUT2D eigenvalue weighted by Crippen LogP contribution is -2.44. The molecule has 2 fully saturated rings. The molecule has 0 saturated carbocycles. The van der Waals surface area contributed by atoms with E-state index in [1.807, 2.05) is 11.7 Å². The van der Waals surface area contributed by atoms with Crippen LogP contribution >= 0.6 is 0 Å². The second-order valence-corrected chi connectivity index (χ2v) is 8.60. The fourth-order valence-electron chi connectivity index (χ4n) is 3.63. The maximum Gasteiger partial charge on any atom is 0.494 e. The van der Waals surface area contributed by atoms with Crippen LogP contribution in [0.2, 0.25) is 0 Å². The number of aromatic nitrogens is 2. The zero-order chi connectivity index (χ0) is 18.7. The average Bonchev–Trinajstić information content (AvgIpc) is 3.01. The van der Waals surface area contributed by atoms with E-state index in [1.165, 1.54) is 5.39 Å². The monoisotopic (exact) mass is 356 g/mol. The van der Waals surface area contributed by atoms with Gasteiger partial charge in [0.1, 0.15) is 0 Å². The first kappa shape index (κ1) is 17.8. The highest BCUT2D eigenvalue weighted by Crippen LogP contribution is 2.37. The van der Waals surface area contributed by atoms with Crippen molar-refractivity contribution in [2.75, 3.05) is 38.1 Å². The number of fused-ring (bicyclic) bond motifs is 1. The highest BCUT2D eigenvalue weighted by Gasteiger charge is 2.51. The molecule has 140 valence electrons. The topological polar surface area (TPSA) is 42.8 Å². The lowest BCUT2D eigenvalue weighted by atomic mass is 9.79. The molecule has 0 unspecified atom stereocenters. The zero-order valence-electron chi connectivity index (χ0n) is 16.7. The first-order chi connectivity index (χ1) is 12.2. The minimum Gasteiger partial charge on any atom is -0.399 e. The largest absolute Gasteiger partial charge is 0.494 e. The molecule has 0 bridgehead atoms. The molecule has 0 amide bonds. The summed E-state index contributed by atoms with van der Waals surface area (Å²) in [6.45, 7) is 12.5. The summed E-state index contributed by atoms with van der Waals surface area (Å²) in [6.07, 6.45) is 0. The third-order valence-electron chi connectivity index (χ3n) is 6.18. The van der Waals surface area contributed by atoms with Crippen molar-refractivity contribution >= 4 is 29.3 Å². The maximum absolute atomic E-state index is 6.21. The summed E-state index contributed by atoms with van der Waals surface area (Å²) in [5.74, 6) is 1.08. The van der Waals surface area contributed by atoms with Gasteiger partial charge in [0.15, 0.2) is 5.82 Å². The Labute approximate surface area is 156 Å². The van der Waals surface area contributed by atoms with E-state index < -0.39 is 0 Å². The van der Waals surface area contributed by atoms with Gasteiger partial charge in [-0.3, -0.25) is 4.68 Å². The zero-order valence-corrected chi connectivity index (χ0v) is 16.7. The van der Waals surface area contributed by atoms with Crippen molar-refractivity contribution in [1.29, 1.82) is 0 Å². The number of hydrogen-bond donors (Lipinski definition) is 0. The molecule has 2 aromatic rings. The van der Waals surface area contributed by atoms with Gasteiger partial charge in [-0.1, -0.05) is 6.07 Å². The van der Waals surface area contributed by atoms with Gasteiger partial charge in [0, 0.05) is 38.6 Å². The highest BCUT2D eigenvalue weighted by atomic mass is 16.7. The summed E-state index contributed by atoms with van der Waals surface area (Å²) in [6, 6.07) is 6.44. The van der Waals surface area contributed by atoms with Crippen LogP contribution in [0.1, 0.15) is 27.7 Å². The normalized spacial score (nSPS) is 23.2. The quantitative estimate of drug-likeness (QED) is 0.766. The summed E-state index contributed by atoms with van der Waals surface area (Å²) in [5, 5.41) is 6.00. The Bertz CT molecular complexity index is 808. The van der Waals surface area contributed by atoms with E-state index in [2.05, 4.69) is 62.7 Å². The predicted molar refractivity (Wildman–Crippen MR) is 106 cm³/mol. The molecule has 7 heteroatoms. The second-order valence-electron chi connectivity index (χ2n) is 8.60. The molecule has 0 spiro atoms. The van der Waals surface area contributed by atoms with E-state index in [9.17, 15) is 0 Å². The van der Waals surface area contributed by atoms with Crippen LogP contribution in [0.3, 0.4) is 0 Å². The molecule has 2 saturated heterocycles. The van der Waals surface area contributed by atoms with Crippen LogP contribution in [0, 0.1) is 0 Å². The van der Waals surface area contributed by atoms with Gasteiger partial charge < -0.3 is 19.1 Å². The molecule has 0 radical (unpaired) electrons. The molecule has 0 N–H and O–H groups in total. The smallest absolute Gasteiger partial charge is 0.399 e. The number of benzene rings is 1. The Kier molecular flexibility index (Phi) is 4.10. The maximum atomic E-state index is 6.21. The van der Waals surface area contributed by atoms with E-state index in [4.69, 9.17) is 14.4 Å². The molecule has 4 rings (SSSR count). The van der Waals surface area contributed by atoms with Gasteiger partial charge in [0.25, 0.3) is 0 Å². The third kappa shape index (κ3) is 2.82. The van der Waals surface area contributed by atoms with Crippen molar-refractivity contribution in [2.45, 2.75) is 38.9 Å². The Balaban J connectivity index is 1.66. The molecular formula is C19H29BN4O2. The molecular weight excluding hydrogens is 327 g/mol. The fourth-order valence-corrected chi connectivity index (χ4v) is 3.63. The molecule has 6 nitrogen and oxygen atoms in total. The van der Waals surface area contributed by atoms with Gasteiger partial charge in [-0.05, 0) is 52.3 Å². The van der Waals surface area contributed by atoms with Crippen LogP contribution < -0.4 is 10.4 Å². The van der Waals surface area contributed by atoms with Crippen molar-refractivity contribution in [3.8, 4) is 0 Å². The van der Waals surface area contributed by atoms with Crippen LogP contribution in [0.15, 0.2) is 18.2 Å². The molecule has 1 aromatic carbocycles. The number of nitrogens with zero attached hydrogens (tertiary/aromatic N) is 4. The number of anilines is 1. The number of piperazine rings is 1. The van der Waals surface area contributed by atoms with E-state index in [0.717, 1.165) is 43.0 Å². The second kappa shape index (κ2) is 5.97. The molecule has 0 aliphatic carbocycles. The first-order valence-corrected chi connectivity index (χ1v) is 9.44. The van der Waals surface area contributed by atoms with Crippen molar-refractivity contribution in [1.82, 2.24) is 14.7 Å². The Morgan fingerprint density at radius 3 is 2.19 bits per heavy atom. The summed E-state index contributed by atoms with van der Waals surface area (Å²) >= 11 is 0. The summed E-state index contributed by atoms with van der Waals surface area (Å²) in [7, 11) is 3.84. The van der Waals surface area contributed by atoms with Crippen LogP contribution in [0.25, 0.3) is 10.9 Å². The van der Waals surface area contributed by atoms with Gasteiger partial charge in [0.2, 0.25) is 0 Å². The number of hydrogen-bond acceptors (Lipinski definition) is 5. The van der Waals surface area contributed by atoms with Gasteiger partial charge in [-0.15, -0.1) is 0 Å². The summed E-state index contributed by atoms with van der Waals surface area (Å²) in [5.41, 5.74) is 1.50. The lowest BCUT2D eigenvalue weighted by Gasteiger charge is -2.32. The van der Waals surface area contributed by atoms with Gasteiger partial charge in [0.05, 0.1) is 16.7 Å². The third-order valence-corrected chi connectivity index (χ3v) is 6.18. The standard InChI is InChI=1S/C19H29BN4O2/c1-18(2)19(3,4)26-20(25-18)14-7-8-15-16(13-14)23(6)21-17(15)24-11-9-22(5)10-12-24/h7-8,13H,9-12H2,1-6H3. The van der Waals surface area contributed by atoms with Crippen LogP contribution in [0.4, 0.5) is 5.82 Å². The average molecular weight is 356 g/mol. The van der Waals surface area contributed by atoms with Crippen LogP contribution in [-0.2, 0) is 16.4 Å². The molecule has 2 aliphatic heterocycles. The molecule has 26 heavy (non-hydrogen) atoms. The van der Waals surface area contributed by atoms with E-state index in [-0.39, 0.29) is 18.3 Å². The highest BCUT2D eigenvalue weighted by molar-refractivity contribution is 6.62. The Morgan fingerprint density at radius 2 is 1.58 bits per heavy atom. The summed E-state index contributed by atoms with van der Waals surface area (Å²) < 4.78 is 14.4. The number of rotatable bonds is 2. The minimum absolute atomic E-state index is 0.329. The van der Waals surface area contributed by atoms with Crippen molar-refractivity contribution in [2.24, 2.45) is 7.05 Å². The predicted octanol–water partition coefficient (Wildman–Crippen LogP) is 1.62. The van der Waals surface area contributed by atoms with E-state index in [1.54, 1.807) is 0 Å². The van der Waals surface area contributed by atoms with Crippen molar-refractivity contribution in [3.63, 3.8) is 0 Å². The lowest BCUT2D eigenvalue weighted by molar-refractivity contribution is 0.00578. The molecule has 0 atom stereocenters. The van der Waals surface area contributed by atoms with Gasteiger partial charge in [-0.2, -0.15) is 5.10 Å². The molecule has 1 aromatic heterocycles. The molecule has 2 aliphatic rings. The van der Waals surface area contributed by atoms with Gasteiger partial charge >= 0.3 is 7.12 Å². The van der Waals surface area contributed by atoms with Crippen LogP contribution in [-0.4, -0.2) is 66.2 Å². The van der Waals surface area contributed by atoms with Gasteiger partial charge in [-0.25, -0.2) is 0 Å². The summed E-state index contributed by atoms with van der Waals surface area (Å²) in [4.78, 5) is 4.74. The van der Waals surface area contributed by atoms with Crippen molar-refractivity contribution in [3.05, 3.63) is 18.2 Å². The van der Waals surface area contributed by atoms with E-state index in [0.29, 0.717) is 0 Å². The number of likely N-dealkylation sites (N-methyl/N-ethyl adjacent to an activating group) is 1. The van der Waals surface area contributed by atoms with Crippen molar-refractivity contribution < 1.29 is 9.31 Å². The number of aryl methyl sites for hydroxylation is 1. The first-order valence-electron chi connectivity index (χ1n) is 9.44. The van der Waals surface area contributed by atoms with E-state index >= 15 is 0 Å². The Morgan fingerprint density at radius 1 is 0.962 bits per heavy atom. The molecule has 3 heterocycles. The SMILES string of the molecule is CN1CCN(c2nn(C)c3cc(B4OC(C)(C)C(C)(C)O4)ccc23)CC1. The Hall–Kier alpha value is -1.57. The fraction of sp³-hybridized carbons (Fsp3) is 0.632.